The first-order chi connectivity index (χ1) is 19.3. The highest BCUT2D eigenvalue weighted by atomic mass is 79.9. The largest absolute Gasteiger partial charge is 0.416 e. The SMILES string of the molecule is CNC(=O)[C@@H](Cc1ccccc1)N(Cc1cccc(Br)c1)C(=O)CCCN(c1cccc(C(F)(F)F)c1)S(C)(=O)=O. The van der Waals surface area contributed by atoms with E-state index in [9.17, 15) is 31.2 Å². The molecule has 7 nitrogen and oxygen atoms in total. The van der Waals surface area contributed by atoms with E-state index in [2.05, 4.69) is 21.2 Å². The summed E-state index contributed by atoms with van der Waals surface area (Å²) in [5, 5.41) is 2.63. The van der Waals surface area contributed by atoms with Crippen molar-refractivity contribution in [2.45, 2.75) is 38.0 Å². The Morgan fingerprint density at radius 2 is 1.61 bits per heavy atom. The maximum Gasteiger partial charge on any atom is 0.416 e. The van der Waals surface area contributed by atoms with E-state index >= 15 is 0 Å². The van der Waals surface area contributed by atoms with Gasteiger partial charge in [0.25, 0.3) is 0 Å². The Morgan fingerprint density at radius 1 is 0.951 bits per heavy atom. The van der Waals surface area contributed by atoms with Crippen molar-refractivity contribution in [2.75, 3.05) is 24.2 Å². The molecule has 0 aromatic heterocycles. The van der Waals surface area contributed by atoms with E-state index in [0.717, 1.165) is 44.4 Å². The average Bonchev–Trinajstić information content (AvgIpc) is 2.92. The highest BCUT2D eigenvalue weighted by Gasteiger charge is 2.32. The number of carbonyl (C=O) groups excluding carboxylic acids is 2. The first-order valence-corrected chi connectivity index (χ1v) is 15.4. The molecule has 0 unspecified atom stereocenters. The Balaban J connectivity index is 1.86. The second kappa shape index (κ2) is 14.0. The van der Waals surface area contributed by atoms with Crippen LogP contribution in [0.3, 0.4) is 0 Å². The molecule has 0 aliphatic rings. The highest BCUT2D eigenvalue weighted by molar-refractivity contribution is 9.10. The molecule has 0 heterocycles. The second-order valence-electron chi connectivity index (χ2n) is 9.46. The van der Waals surface area contributed by atoms with Gasteiger partial charge in [-0.2, -0.15) is 13.2 Å². The normalized spacial score (nSPS) is 12.4. The van der Waals surface area contributed by atoms with Crippen LogP contribution in [-0.2, 0) is 38.8 Å². The molecule has 0 spiro atoms. The third-order valence-electron chi connectivity index (χ3n) is 6.37. The minimum atomic E-state index is -4.64. The number of hydrogen-bond donors (Lipinski definition) is 1. The summed E-state index contributed by atoms with van der Waals surface area (Å²) in [4.78, 5) is 28.2. The van der Waals surface area contributed by atoms with Gasteiger partial charge in [-0.1, -0.05) is 64.5 Å². The summed E-state index contributed by atoms with van der Waals surface area (Å²) in [5.74, 6) is -0.758. The van der Waals surface area contributed by atoms with Gasteiger partial charge in [0.2, 0.25) is 21.8 Å². The zero-order valence-corrected chi connectivity index (χ0v) is 25.0. The molecule has 1 atom stereocenters. The van der Waals surface area contributed by atoms with Crippen LogP contribution >= 0.6 is 15.9 Å². The van der Waals surface area contributed by atoms with Gasteiger partial charge in [-0.3, -0.25) is 13.9 Å². The number of anilines is 1. The van der Waals surface area contributed by atoms with Crippen LogP contribution in [0.1, 0.15) is 29.5 Å². The third-order valence-corrected chi connectivity index (χ3v) is 8.06. The van der Waals surface area contributed by atoms with E-state index in [1.165, 1.54) is 18.0 Å². The molecule has 220 valence electrons. The molecule has 0 aliphatic carbocycles. The van der Waals surface area contributed by atoms with Crippen LogP contribution < -0.4 is 9.62 Å². The van der Waals surface area contributed by atoms with Crippen molar-refractivity contribution in [3.8, 4) is 0 Å². The topological polar surface area (TPSA) is 86.8 Å². The maximum absolute atomic E-state index is 13.7. The van der Waals surface area contributed by atoms with Gasteiger partial charge in [-0.25, -0.2) is 8.42 Å². The van der Waals surface area contributed by atoms with Crippen molar-refractivity contribution < 1.29 is 31.2 Å². The molecule has 3 aromatic carbocycles. The van der Waals surface area contributed by atoms with Crippen molar-refractivity contribution in [2.24, 2.45) is 0 Å². The molecular weight excluding hydrogens is 623 g/mol. The highest BCUT2D eigenvalue weighted by Crippen LogP contribution is 2.32. The fourth-order valence-corrected chi connectivity index (χ4v) is 5.80. The Morgan fingerprint density at radius 3 is 2.22 bits per heavy atom. The first kappa shape index (κ1) is 32.1. The third kappa shape index (κ3) is 9.32. The van der Waals surface area contributed by atoms with Gasteiger partial charge >= 0.3 is 6.18 Å². The minimum Gasteiger partial charge on any atom is -0.357 e. The van der Waals surface area contributed by atoms with Crippen LogP contribution in [0.5, 0.6) is 0 Å². The molecule has 3 rings (SSSR count). The van der Waals surface area contributed by atoms with Gasteiger partial charge < -0.3 is 10.2 Å². The number of hydrogen-bond acceptors (Lipinski definition) is 4. The van der Waals surface area contributed by atoms with Crippen molar-refractivity contribution in [3.05, 3.63) is 100 Å². The predicted molar refractivity (Wildman–Crippen MR) is 156 cm³/mol. The lowest BCUT2D eigenvalue weighted by Crippen LogP contribution is -2.49. The summed E-state index contributed by atoms with van der Waals surface area (Å²) in [7, 11) is -2.47. The summed E-state index contributed by atoms with van der Waals surface area (Å²) in [6.07, 6.45) is -3.62. The van der Waals surface area contributed by atoms with Gasteiger partial charge in [0.05, 0.1) is 17.5 Å². The Hall–Kier alpha value is -3.38. The Kier molecular flexibility index (Phi) is 11.0. The smallest absolute Gasteiger partial charge is 0.357 e. The Labute approximate surface area is 246 Å². The summed E-state index contributed by atoms with van der Waals surface area (Å²) in [6.45, 7) is -0.105. The molecule has 2 amide bonds. The summed E-state index contributed by atoms with van der Waals surface area (Å²) < 4.78 is 66.4. The second-order valence-corrected chi connectivity index (χ2v) is 12.3. The molecule has 1 N–H and O–H groups in total. The lowest BCUT2D eigenvalue weighted by atomic mass is 10.0. The number of benzene rings is 3. The number of halogens is 4. The summed E-state index contributed by atoms with van der Waals surface area (Å²) >= 11 is 3.42. The number of sulfonamides is 1. The molecule has 0 fully saturated rings. The molecule has 41 heavy (non-hydrogen) atoms. The number of nitrogens with zero attached hydrogens (tertiary/aromatic N) is 2. The maximum atomic E-state index is 13.7. The fourth-order valence-electron chi connectivity index (χ4n) is 4.39. The van der Waals surface area contributed by atoms with E-state index in [1.807, 2.05) is 54.6 Å². The van der Waals surface area contributed by atoms with E-state index in [1.54, 1.807) is 0 Å². The number of alkyl halides is 3. The molecule has 0 saturated heterocycles. The lowest BCUT2D eigenvalue weighted by molar-refractivity contribution is -0.141. The lowest BCUT2D eigenvalue weighted by Gasteiger charge is -2.31. The van der Waals surface area contributed by atoms with Gasteiger partial charge in [-0.15, -0.1) is 0 Å². The molecule has 0 saturated carbocycles. The fraction of sp³-hybridized carbons (Fsp3) is 0.310. The molecule has 0 radical (unpaired) electrons. The number of rotatable bonds is 12. The number of amides is 2. The minimum absolute atomic E-state index is 0.0168. The average molecular weight is 655 g/mol. The van der Waals surface area contributed by atoms with Gasteiger partial charge in [0.15, 0.2) is 0 Å². The standard InChI is InChI=1S/C29H31BrF3N3O4S/c1-34-28(38)26(18-21-9-4-3-5-10-21)35(20-22-11-6-13-24(30)17-22)27(37)15-8-16-36(41(2,39)40)25-14-7-12-23(19-25)29(31,32)33/h3-7,9-14,17,19,26H,8,15-16,18,20H2,1-2H3,(H,34,38)/t26-/m1/s1. The Bertz CT molecular complexity index is 1450. The number of nitrogens with one attached hydrogen (secondary N) is 1. The van der Waals surface area contributed by atoms with E-state index < -0.39 is 33.7 Å². The van der Waals surface area contributed by atoms with Crippen LogP contribution in [0.2, 0.25) is 0 Å². The first-order valence-electron chi connectivity index (χ1n) is 12.7. The van der Waals surface area contributed by atoms with Gasteiger partial charge in [-0.05, 0) is 47.9 Å². The van der Waals surface area contributed by atoms with Crippen LogP contribution in [0.25, 0.3) is 0 Å². The molecule has 0 bridgehead atoms. The summed E-state index contributed by atoms with van der Waals surface area (Å²) in [6, 6.07) is 19.7. The van der Waals surface area contributed by atoms with E-state index in [-0.39, 0.29) is 43.9 Å². The molecule has 3 aromatic rings. The predicted octanol–water partition coefficient (Wildman–Crippen LogP) is 5.40. The van der Waals surface area contributed by atoms with Gasteiger partial charge in [0, 0.05) is 37.5 Å². The van der Waals surface area contributed by atoms with Crippen LogP contribution in [0.15, 0.2) is 83.3 Å². The summed E-state index contributed by atoms with van der Waals surface area (Å²) in [5.41, 5.74) is 0.500. The van der Waals surface area contributed by atoms with Crippen LogP contribution in [-0.4, -0.2) is 51.0 Å². The van der Waals surface area contributed by atoms with E-state index in [0.29, 0.717) is 0 Å². The van der Waals surface area contributed by atoms with Crippen molar-refractivity contribution >= 4 is 43.5 Å². The molecule has 0 aliphatic heterocycles. The number of likely N-dealkylation sites (N-methyl/N-ethyl adjacent to an activating group) is 1. The zero-order valence-electron chi connectivity index (χ0n) is 22.6. The van der Waals surface area contributed by atoms with Crippen molar-refractivity contribution in [3.63, 3.8) is 0 Å². The van der Waals surface area contributed by atoms with Crippen LogP contribution in [0, 0.1) is 0 Å². The van der Waals surface area contributed by atoms with Crippen molar-refractivity contribution in [1.29, 1.82) is 0 Å². The monoisotopic (exact) mass is 653 g/mol. The quantitative estimate of drug-likeness (QED) is 0.284. The van der Waals surface area contributed by atoms with E-state index in [4.69, 9.17) is 0 Å². The van der Waals surface area contributed by atoms with Crippen LogP contribution in [0.4, 0.5) is 18.9 Å². The zero-order chi connectivity index (χ0) is 30.2. The van der Waals surface area contributed by atoms with Gasteiger partial charge in [0.1, 0.15) is 6.04 Å². The molecular formula is C29H31BrF3N3O4S. The van der Waals surface area contributed by atoms with Crippen molar-refractivity contribution in [1.82, 2.24) is 10.2 Å². The molecule has 12 heteroatoms. The number of carbonyl (C=O) groups is 2.